The lowest BCUT2D eigenvalue weighted by Crippen LogP contribution is -2.59. The molecule has 2 amide bonds. The fourth-order valence-electron chi connectivity index (χ4n) is 6.10. The van der Waals surface area contributed by atoms with Gasteiger partial charge in [0.25, 0.3) is 5.91 Å². The molecule has 7 nitrogen and oxygen atoms in total. The number of amides is 2. The number of ether oxygens (including phenoxy) is 2. The number of hydrogen-bond acceptors (Lipinski definition) is 5. The monoisotopic (exact) mass is 603 g/mol. The SMILES string of the molecule is COc1ccc(CN2C(=O)C(c3ccccc3F)(N3C[C@H](F)C[C@H]3C(=O)N(C)C)c3cc(C(F)(F)F)ccc32)c(OC)c1. The van der Waals surface area contributed by atoms with Gasteiger partial charge in [0.1, 0.15) is 23.5 Å². The van der Waals surface area contributed by atoms with E-state index in [4.69, 9.17) is 9.47 Å². The molecule has 3 aromatic carbocycles. The van der Waals surface area contributed by atoms with Crippen LogP contribution in [0.5, 0.6) is 11.5 Å². The zero-order valence-corrected chi connectivity index (χ0v) is 23.9. The lowest BCUT2D eigenvalue weighted by atomic mass is 9.80. The highest BCUT2D eigenvalue weighted by atomic mass is 19.4. The van der Waals surface area contributed by atoms with Crippen LogP contribution in [0.3, 0.4) is 0 Å². The zero-order chi connectivity index (χ0) is 31.3. The van der Waals surface area contributed by atoms with Crippen LogP contribution in [-0.2, 0) is 27.8 Å². The Morgan fingerprint density at radius 1 is 1.02 bits per heavy atom. The second-order valence-electron chi connectivity index (χ2n) is 10.7. The first-order valence-electron chi connectivity index (χ1n) is 13.5. The largest absolute Gasteiger partial charge is 0.497 e. The van der Waals surface area contributed by atoms with Gasteiger partial charge in [-0.1, -0.05) is 18.2 Å². The molecule has 0 saturated carbocycles. The van der Waals surface area contributed by atoms with E-state index in [1.165, 1.54) is 61.2 Å². The molecule has 0 aliphatic carbocycles. The van der Waals surface area contributed by atoms with Crippen molar-refractivity contribution >= 4 is 17.5 Å². The molecule has 0 radical (unpaired) electrons. The number of nitrogens with zero attached hydrogens (tertiary/aromatic N) is 3. The lowest BCUT2D eigenvalue weighted by molar-refractivity contribution is -0.140. The van der Waals surface area contributed by atoms with E-state index in [9.17, 15) is 22.8 Å². The molecule has 0 aromatic heterocycles. The molecule has 228 valence electrons. The molecule has 3 aromatic rings. The summed E-state index contributed by atoms with van der Waals surface area (Å²) < 4.78 is 84.2. The third kappa shape index (κ3) is 4.97. The molecule has 1 fully saturated rings. The topological polar surface area (TPSA) is 62.3 Å². The maximum absolute atomic E-state index is 15.8. The number of carbonyl (C=O) groups is 2. The third-order valence-electron chi connectivity index (χ3n) is 8.05. The number of hydrogen-bond donors (Lipinski definition) is 0. The van der Waals surface area contributed by atoms with Crippen LogP contribution in [0.25, 0.3) is 0 Å². The first kappa shape index (κ1) is 30.3. The number of benzene rings is 3. The van der Waals surface area contributed by atoms with Crippen LogP contribution >= 0.6 is 0 Å². The number of anilines is 1. The van der Waals surface area contributed by atoms with E-state index in [1.807, 2.05) is 0 Å². The second kappa shape index (κ2) is 11.1. The average molecular weight is 604 g/mol. The van der Waals surface area contributed by atoms with Gasteiger partial charge in [0.2, 0.25) is 5.91 Å². The fourth-order valence-corrected chi connectivity index (χ4v) is 6.10. The van der Waals surface area contributed by atoms with Gasteiger partial charge in [-0.15, -0.1) is 0 Å². The predicted octanol–water partition coefficient (Wildman–Crippen LogP) is 5.15. The Balaban J connectivity index is 1.81. The van der Waals surface area contributed by atoms with Crippen molar-refractivity contribution in [3.8, 4) is 11.5 Å². The smallest absolute Gasteiger partial charge is 0.416 e. The number of alkyl halides is 4. The highest BCUT2D eigenvalue weighted by Gasteiger charge is 2.62. The number of likely N-dealkylation sites (N-methyl/N-ethyl adjacent to an activating group) is 1. The Hall–Kier alpha value is -4.19. The Bertz CT molecular complexity index is 1560. The van der Waals surface area contributed by atoms with Crippen molar-refractivity contribution in [2.75, 3.05) is 39.8 Å². The summed E-state index contributed by atoms with van der Waals surface area (Å²) in [6, 6.07) is 11.6. The zero-order valence-electron chi connectivity index (χ0n) is 23.9. The van der Waals surface area contributed by atoms with E-state index in [0.717, 1.165) is 24.3 Å². The lowest BCUT2D eigenvalue weighted by Gasteiger charge is -2.41. The summed E-state index contributed by atoms with van der Waals surface area (Å²) >= 11 is 0. The van der Waals surface area contributed by atoms with Crippen LogP contribution in [-0.4, -0.2) is 68.7 Å². The maximum Gasteiger partial charge on any atom is 0.416 e. The third-order valence-corrected chi connectivity index (χ3v) is 8.05. The number of likely N-dealkylation sites (tertiary alicyclic amines) is 1. The molecule has 0 bridgehead atoms. The van der Waals surface area contributed by atoms with E-state index in [0.29, 0.717) is 17.1 Å². The highest BCUT2D eigenvalue weighted by molar-refractivity contribution is 6.10. The van der Waals surface area contributed by atoms with Gasteiger partial charge in [-0.2, -0.15) is 13.2 Å². The predicted molar refractivity (Wildman–Crippen MR) is 148 cm³/mol. The molecule has 2 aliphatic rings. The van der Waals surface area contributed by atoms with Gasteiger partial charge in [-0.05, 0) is 36.4 Å². The van der Waals surface area contributed by atoms with Crippen LogP contribution in [0.15, 0.2) is 60.7 Å². The molecular formula is C31H30F5N3O4. The highest BCUT2D eigenvalue weighted by Crippen LogP contribution is 2.53. The molecule has 0 N–H and O–H groups in total. The van der Waals surface area contributed by atoms with Gasteiger partial charge < -0.3 is 19.3 Å². The Morgan fingerprint density at radius 2 is 1.74 bits per heavy atom. The number of rotatable bonds is 7. The summed E-state index contributed by atoms with van der Waals surface area (Å²) in [4.78, 5) is 31.9. The van der Waals surface area contributed by atoms with E-state index >= 15 is 8.78 Å². The molecule has 1 unspecified atom stereocenters. The van der Waals surface area contributed by atoms with Crippen LogP contribution < -0.4 is 14.4 Å². The van der Waals surface area contributed by atoms with Crippen molar-refractivity contribution in [2.24, 2.45) is 0 Å². The maximum atomic E-state index is 15.8. The summed E-state index contributed by atoms with van der Waals surface area (Å²) in [5, 5.41) is 0. The standard InChI is InChI=1S/C31H30F5N3O4/c1-37(2)28(40)26-14-20(32)17-39(26)30(22-7-5-6-8-24(22)33)23-13-19(31(34,35)36)10-12-25(23)38(29(30)41)16-18-9-11-21(42-3)15-27(18)43-4/h5-13,15,20,26H,14,16-17H2,1-4H3/t20-,26+,30?/m1/s1. The fraction of sp³-hybridized carbons (Fsp3) is 0.355. The van der Waals surface area contributed by atoms with Gasteiger partial charge in [-0.3, -0.25) is 14.5 Å². The van der Waals surface area contributed by atoms with Gasteiger partial charge in [0.05, 0.1) is 38.1 Å². The van der Waals surface area contributed by atoms with Gasteiger partial charge in [-0.25, -0.2) is 8.78 Å². The van der Waals surface area contributed by atoms with Crippen molar-refractivity contribution in [2.45, 2.75) is 36.9 Å². The minimum Gasteiger partial charge on any atom is -0.497 e. The van der Waals surface area contributed by atoms with Crippen LogP contribution in [0.1, 0.15) is 28.7 Å². The van der Waals surface area contributed by atoms with Gasteiger partial charge in [0, 0.05) is 49.8 Å². The molecule has 12 heteroatoms. The van der Waals surface area contributed by atoms with Crippen molar-refractivity contribution in [1.29, 1.82) is 0 Å². The summed E-state index contributed by atoms with van der Waals surface area (Å²) in [6.45, 7) is -0.667. The Morgan fingerprint density at radius 3 is 2.37 bits per heavy atom. The van der Waals surface area contributed by atoms with E-state index < -0.39 is 53.7 Å². The van der Waals surface area contributed by atoms with E-state index in [2.05, 4.69) is 0 Å². The van der Waals surface area contributed by atoms with Gasteiger partial charge in [0.15, 0.2) is 5.54 Å². The van der Waals surface area contributed by atoms with Gasteiger partial charge >= 0.3 is 6.18 Å². The van der Waals surface area contributed by atoms with E-state index in [-0.39, 0.29) is 29.8 Å². The minimum absolute atomic E-state index is 0.0671. The normalized spacial score (nSPS) is 22.1. The summed E-state index contributed by atoms with van der Waals surface area (Å²) in [5.41, 5.74) is -3.30. The number of fused-ring (bicyclic) bond motifs is 1. The molecular weight excluding hydrogens is 573 g/mol. The quantitative estimate of drug-likeness (QED) is 0.350. The van der Waals surface area contributed by atoms with Crippen molar-refractivity contribution in [3.05, 3.63) is 88.7 Å². The molecule has 0 spiro atoms. The molecule has 1 saturated heterocycles. The average Bonchev–Trinajstić information content (AvgIpc) is 3.47. The molecule has 43 heavy (non-hydrogen) atoms. The van der Waals surface area contributed by atoms with Crippen molar-refractivity contribution < 1.29 is 41.0 Å². The second-order valence-corrected chi connectivity index (χ2v) is 10.7. The van der Waals surface area contributed by atoms with Crippen LogP contribution in [0, 0.1) is 5.82 Å². The minimum atomic E-state index is -4.81. The molecule has 3 atom stereocenters. The van der Waals surface area contributed by atoms with Crippen LogP contribution in [0.4, 0.5) is 27.6 Å². The van der Waals surface area contributed by atoms with Crippen LogP contribution in [0.2, 0.25) is 0 Å². The number of methoxy groups -OCH3 is 2. The summed E-state index contributed by atoms with van der Waals surface area (Å²) in [5.74, 6) is -1.46. The van der Waals surface area contributed by atoms with E-state index in [1.54, 1.807) is 18.2 Å². The Labute approximate surface area is 245 Å². The molecule has 2 aliphatic heterocycles. The number of carbonyl (C=O) groups excluding carboxylic acids is 2. The first-order valence-corrected chi connectivity index (χ1v) is 13.5. The molecule has 2 heterocycles. The van der Waals surface area contributed by atoms with Crippen molar-refractivity contribution in [3.63, 3.8) is 0 Å². The van der Waals surface area contributed by atoms with Crippen molar-refractivity contribution in [1.82, 2.24) is 9.80 Å². The Kier molecular flexibility index (Phi) is 7.84. The summed E-state index contributed by atoms with van der Waals surface area (Å²) in [6.07, 6.45) is -6.73. The number of halogens is 5. The molecule has 5 rings (SSSR count). The first-order chi connectivity index (χ1) is 20.3. The summed E-state index contributed by atoms with van der Waals surface area (Å²) in [7, 11) is 5.79.